The minimum absolute atomic E-state index is 0.564. The van der Waals surface area contributed by atoms with Crippen LogP contribution in [0.5, 0.6) is 0 Å². The normalized spacial score (nSPS) is 10.5. The first-order chi connectivity index (χ1) is 7.20. The Bertz CT molecular complexity index is 442. The first-order valence-corrected chi connectivity index (χ1v) is 6.32. The highest BCUT2D eigenvalue weighted by Crippen LogP contribution is 2.33. The fraction of sp³-hybridized carbons (Fsp3) is 0.182. The first-order valence-electron chi connectivity index (χ1n) is 4.72. The zero-order chi connectivity index (χ0) is 10.8. The summed E-state index contributed by atoms with van der Waals surface area (Å²) >= 11 is 4.93. The van der Waals surface area contributed by atoms with E-state index in [4.69, 9.17) is 5.73 Å². The molecule has 15 heavy (non-hydrogen) atoms. The number of nitrogen functional groups attached to an aromatic ring is 1. The molecule has 2 aromatic rings. The van der Waals surface area contributed by atoms with Gasteiger partial charge in [-0.1, -0.05) is 31.2 Å². The molecule has 0 radical (unpaired) electrons. The van der Waals surface area contributed by atoms with Crippen molar-refractivity contribution in [1.29, 1.82) is 0 Å². The van der Waals surface area contributed by atoms with Gasteiger partial charge in [-0.2, -0.15) is 0 Å². The fourth-order valence-corrected chi connectivity index (χ4v) is 2.59. The second-order valence-electron chi connectivity index (χ2n) is 3.23. The highest BCUT2D eigenvalue weighted by molar-refractivity contribution is 9.11. The Labute approximate surface area is 101 Å². The third-order valence-corrected chi connectivity index (χ3v) is 4.02. The van der Waals surface area contributed by atoms with Crippen molar-refractivity contribution in [2.24, 2.45) is 0 Å². The van der Waals surface area contributed by atoms with E-state index in [1.54, 1.807) is 11.3 Å². The van der Waals surface area contributed by atoms with Crippen molar-refractivity contribution in [2.75, 3.05) is 5.73 Å². The molecule has 0 aliphatic rings. The Morgan fingerprint density at radius 2 is 2.00 bits per heavy atom. The Kier molecular flexibility index (Phi) is 3.07. The number of halogens is 1. The summed E-state index contributed by atoms with van der Waals surface area (Å²) in [7, 11) is 0. The van der Waals surface area contributed by atoms with Crippen molar-refractivity contribution in [3.63, 3.8) is 0 Å². The number of aromatic nitrogens is 1. The van der Waals surface area contributed by atoms with Crippen molar-refractivity contribution in [2.45, 2.75) is 13.3 Å². The SMILES string of the molecule is CCc1ccc(-c2nc(N)c(Br)s2)cc1. The van der Waals surface area contributed by atoms with Crippen LogP contribution in [0.25, 0.3) is 10.6 Å². The zero-order valence-corrected chi connectivity index (χ0v) is 10.7. The topological polar surface area (TPSA) is 38.9 Å². The third-order valence-electron chi connectivity index (χ3n) is 2.22. The molecule has 0 aliphatic heterocycles. The molecule has 0 saturated carbocycles. The van der Waals surface area contributed by atoms with Crippen molar-refractivity contribution < 1.29 is 0 Å². The summed E-state index contributed by atoms with van der Waals surface area (Å²) in [6.45, 7) is 2.15. The van der Waals surface area contributed by atoms with Crippen molar-refractivity contribution >= 4 is 33.1 Å². The van der Waals surface area contributed by atoms with Crippen molar-refractivity contribution in [3.8, 4) is 10.6 Å². The maximum absolute atomic E-state index is 5.69. The Balaban J connectivity index is 2.37. The van der Waals surface area contributed by atoms with Gasteiger partial charge in [-0.3, -0.25) is 0 Å². The molecule has 1 aromatic heterocycles. The van der Waals surface area contributed by atoms with E-state index in [0.717, 1.165) is 20.8 Å². The number of hydrogen-bond acceptors (Lipinski definition) is 3. The molecule has 0 atom stereocenters. The van der Waals surface area contributed by atoms with Gasteiger partial charge in [-0.15, -0.1) is 11.3 Å². The molecule has 0 fully saturated rings. The minimum Gasteiger partial charge on any atom is -0.382 e. The Hall–Kier alpha value is -0.870. The van der Waals surface area contributed by atoms with Gasteiger partial charge in [0.2, 0.25) is 0 Å². The van der Waals surface area contributed by atoms with Crippen LogP contribution in [0.3, 0.4) is 0 Å². The molecule has 4 heteroatoms. The Morgan fingerprint density at radius 1 is 1.33 bits per heavy atom. The molecule has 1 heterocycles. The van der Waals surface area contributed by atoms with Crippen LogP contribution in [-0.4, -0.2) is 4.98 Å². The van der Waals surface area contributed by atoms with Crippen LogP contribution < -0.4 is 5.73 Å². The van der Waals surface area contributed by atoms with E-state index in [-0.39, 0.29) is 0 Å². The van der Waals surface area contributed by atoms with Gasteiger partial charge in [0, 0.05) is 5.56 Å². The molecule has 0 spiro atoms. The van der Waals surface area contributed by atoms with Gasteiger partial charge >= 0.3 is 0 Å². The molecule has 0 unspecified atom stereocenters. The predicted octanol–water partition coefficient (Wildman–Crippen LogP) is 3.72. The average molecular weight is 283 g/mol. The number of benzene rings is 1. The second kappa shape index (κ2) is 4.33. The summed E-state index contributed by atoms with van der Waals surface area (Å²) in [4.78, 5) is 4.29. The highest BCUT2D eigenvalue weighted by Gasteiger charge is 2.07. The highest BCUT2D eigenvalue weighted by atomic mass is 79.9. The van der Waals surface area contributed by atoms with E-state index < -0.39 is 0 Å². The maximum Gasteiger partial charge on any atom is 0.149 e. The third kappa shape index (κ3) is 2.21. The van der Waals surface area contributed by atoms with Crippen molar-refractivity contribution in [3.05, 3.63) is 33.6 Å². The van der Waals surface area contributed by atoms with E-state index >= 15 is 0 Å². The monoisotopic (exact) mass is 282 g/mol. The molecule has 2 N–H and O–H groups in total. The number of rotatable bonds is 2. The van der Waals surface area contributed by atoms with Crippen LogP contribution in [0.4, 0.5) is 5.82 Å². The standard InChI is InChI=1S/C11H11BrN2S/c1-2-7-3-5-8(6-4-7)11-14-10(13)9(12)15-11/h3-6H,2,13H2,1H3. The van der Waals surface area contributed by atoms with E-state index in [9.17, 15) is 0 Å². The van der Waals surface area contributed by atoms with E-state index in [1.165, 1.54) is 5.56 Å². The van der Waals surface area contributed by atoms with Crippen LogP contribution >= 0.6 is 27.3 Å². The zero-order valence-electron chi connectivity index (χ0n) is 8.33. The smallest absolute Gasteiger partial charge is 0.149 e. The summed E-state index contributed by atoms with van der Waals surface area (Å²) in [6.07, 6.45) is 1.06. The number of anilines is 1. The van der Waals surface area contributed by atoms with Crippen LogP contribution in [0, 0.1) is 0 Å². The van der Waals surface area contributed by atoms with Gasteiger partial charge in [-0.05, 0) is 27.9 Å². The van der Waals surface area contributed by atoms with Crippen LogP contribution in [0.2, 0.25) is 0 Å². The number of nitrogens with two attached hydrogens (primary N) is 1. The molecule has 2 nitrogen and oxygen atoms in total. The summed E-state index contributed by atoms with van der Waals surface area (Å²) in [5, 5.41) is 0.960. The van der Waals surface area contributed by atoms with Gasteiger partial charge in [-0.25, -0.2) is 4.98 Å². The molecule has 1 aromatic carbocycles. The summed E-state index contributed by atoms with van der Waals surface area (Å²) < 4.78 is 0.900. The largest absolute Gasteiger partial charge is 0.382 e. The molecule has 0 amide bonds. The molecule has 78 valence electrons. The fourth-order valence-electron chi connectivity index (χ4n) is 1.32. The molecule has 2 rings (SSSR count). The van der Waals surface area contributed by atoms with E-state index in [1.807, 2.05) is 0 Å². The van der Waals surface area contributed by atoms with Gasteiger partial charge in [0.1, 0.15) is 14.6 Å². The minimum atomic E-state index is 0.564. The van der Waals surface area contributed by atoms with Gasteiger partial charge in [0.15, 0.2) is 0 Å². The van der Waals surface area contributed by atoms with Crippen molar-refractivity contribution in [1.82, 2.24) is 4.98 Å². The molecule has 0 bridgehead atoms. The summed E-state index contributed by atoms with van der Waals surface area (Å²) in [6, 6.07) is 8.43. The lowest BCUT2D eigenvalue weighted by atomic mass is 10.1. The molecule has 0 aliphatic carbocycles. The second-order valence-corrected chi connectivity index (χ2v) is 5.55. The van der Waals surface area contributed by atoms with Gasteiger partial charge in [0.05, 0.1) is 0 Å². The lowest BCUT2D eigenvalue weighted by molar-refractivity contribution is 1.14. The Morgan fingerprint density at radius 3 is 2.47 bits per heavy atom. The number of nitrogens with zero attached hydrogens (tertiary/aromatic N) is 1. The van der Waals surface area contributed by atoms with Gasteiger partial charge in [0.25, 0.3) is 0 Å². The summed E-state index contributed by atoms with van der Waals surface area (Å²) in [5.41, 5.74) is 8.14. The molecular weight excluding hydrogens is 272 g/mol. The lowest BCUT2D eigenvalue weighted by Gasteiger charge is -1.98. The first kappa shape index (κ1) is 10.6. The lowest BCUT2D eigenvalue weighted by Crippen LogP contribution is -1.85. The van der Waals surface area contributed by atoms with Crippen LogP contribution in [0.15, 0.2) is 28.1 Å². The van der Waals surface area contributed by atoms with E-state index in [2.05, 4.69) is 52.1 Å². The maximum atomic E-state index is 5.69. The molecular formula is C11H11BrN2S. The number of hydrogen-bond donors (Lipinski definition) is 1. The van der Waals surface area contributed by atoms with Gasteiger partial charge < -0.3 is 5.73 Å². The van der Waals surface area contributed by atoms with Crippen LogP contribution in [-0.2, 0) is 6.42 Å². The quantitative estimate of drug-likeness (QED) is 0.912. The molecule has 0 saturated heterocycles. The summed E-state index contributed by atoms with van der Waals surface area (Å²) in [5.74, 6) is 0.564. The number of aryl methyl sites for hydroxylation is 1. The predicted molar refractivity (Wildman–Crippen MR) is 69.0 cm³/mol. The average Bonchev–Trinajstić information content (AvgIpc) is 2.59. The van der Waals surface area contributed by atoms with Crippen LogP contribution in [0.1, 0.15) is 12.5 Å². The van der Waals surface area contributed by atoms with E-state index in [0.29, 0.717) is 5.82 Å². The number of thiazole rings is 1.